The molecule has 2 unspecified atom stereocenters. The predicted molar refractivity (Wildman–Crippen MR) is 85.2 cm³/mol. The molecule has 0 aromatic heterocycles. The summed E-state index contributed by atoms with van der Waals surface area (Å²) in [5.74, 6) is -0.301. The van der Waals surface area contributed by atoms with Crippen LogP contribution in [0, 0.1) is 0 Å². The summed E-state index contributed by atoms with van der Waals surface area (Å²) in [7, 11) is 0. The Kier molecular flexibility index (Phi) is 3.56. The summed E-state index contributed by atoms with van der Waals surface area (Å²) in [5, 5.41) is 0. The topological polar surface area (TPSA) is 36.9 Å². The van der Waals surface area contributed by atoms with E-state index in [0.29, 0.717) is 6.10 Å². The minimum absolute atomic E-state index is 0.0898. The van der Waals surface area contributed by atoms with Gasteiger partial charge in [-0.2, -0.15) is 0 Å². The Bertz CT molecular complexity index is 460. The lowest BCUT2D eigenvalue weighted by molar-refractivity contribution is -0.215. The Hall–Kier alpha value is -0.160. The highest BCUT2D eigenvalue weighted by molar-refractivity contribution is 5.12. The molecule has 6 atom stereocenters. The van der Waals surface area contributed by atoms with Crippen LogP contribution in [0.1, 0.15) is 77.6 Å². The highest BCUT2D eigenvalue weighted by Gasteiger charge is 2.65. The molecule has 4 nitrogen and oxygen atoms in total. The van der Waals surface area contributed by atoms with Crippen LogP contribution in [-0.4, -0.2) is 41.9 Å². The van der Waals surface area contributed by atoms with E-state index < -0.39 is 0 Å². The molecule has 0 N–H and O–H groups in total. The Labute approximate surface area is 139 Å². The number of hydrogen-bond acceptors (Lipinski definition) is 4. The zero-order chi connectivity index (χ0) is 15.5. The largest absolute Gasteiger partial charge is 0.369 e. The second-order valence-corrected chi connectivity index (χ2v) is 8.45. The molecule has 3 saturated heterocycles. The molecule has 2 aliphatic carbocycles. The van der Waals surface area contributed by atoms with Crippen molar-refractivity contribution in [1.29, 1.82) is 0 Å². The van der Waals surface area contributed by atoms with Gasteiger partial charge in [0.15, 0.2) is 5.79 Å². The maximum Gasteiger partial charge on any atom is 0.169 e. The third kappa shape index (κ3) is 2.32. The van der Waals surface area contributed by atoms with Crippen molar-refractivity contribution in [3.63, 3.8) is 0 Å². The van der Waals surface area contributed by atoms with Crippen molar-refractivity contribution in [1.82, 2.24) is 0 Å². The van der Waals surface area contributed by atoms with Gasteiger partial charge in [0.25, 0.3) is 0 Å². The molecule has 5 rings (SSSR count). The summed E-state index contributed by atoms with van der Waals surface area (Å²) in [6, 6.07) is 0. The number of ether oxygens (including phenoxy) is 4. The van der Waals surface area contributed by atoms with Gasteiger partial charge >= 0.3 is 0 Å². The van der Waals surface area contributed by atoms with E-state index in [1.54, 1.807) is 0 Å². The maximum atomic E-state index is 6.63. The van der Waals surface area contributed by atoms with Crippen LogP contribution in [-0.2, 0) is 18.9 Å². The van der Waals surface area contributed by atoms with Crippen molar-refractivity contribution >= 4 is 0 Å². The summed E-state index contributed by atoms with van der Waals surface area (Å²) < 4.78 is 26.1. The Morgan fingerprint density at radius 3 is 2.57 bits per heavy atom. The number of rotatable bonds is 2. The lowest BCUT2D eigenvalue weighted by Crippen LogP contribution is -2.53. The third-order valence-electron chi connectivity index (χ3n) is 6.85. The van der Waals surface area contributed by atoms with Crippen LogP contribution in [0.15, 0.2) is 0 Å². The number of fused-ring (bicyclic) bond motifs is 3. The molecule has 3 heterocycles. The molecule has 5 fully saturated rings. The van der Waals surface area contributed by atoms with Crippen LogP contribution in [0.4, 0.5) is 0 Å². The summed E-state index contributed by atoms with van der Waals surface area (Å²) in [6.07, 6.45) is 13.7. The molecule has 2 bridgehead atoms. The zero-order valence-electron chi connectivity index (χ0n) is 14.3. The molecular formula is C19H30O4. The van der Waals surface area contributed by atoms with E-state index in [0.717, 1.165) is 38.5 Å². The lowest BCUT2D eigenvalue weighted by atomic mass is 9.76. The molecule has 4 heteroatoms. The zero-order valence-corrected chi connectivity index (χ0v) is 14.3. The Morgan fingerprint density at radius 2 is 1.74 bits per heavy atom. The van der Waals surface area contributed by atoms with E-state index in [9.17, 15) is 0 Å². The van der Waals surface area contributed by atoms with Crippen LogP contribution in [0.2, 0.25) is 0 Å². The standard InChI is InChI=1S/C19H30O4/c1-2-6-13-7-8-16-18(21-13)11-14(20-16)17-15(12-18)22-19(23-17)9-4-3-5-10-19/h13-17H,2-12H2,1H3/t13?,14-,15-,16+,17?,18-/m1/s1. The molecule has 2 saturated carbocycles. The molecule has 0 aromatic carbocycles. The van der Waals surface area contributed by atoms with Crippen LogP contribution in [0.5, 0.6) is 0 Å². The summed E-state index contributed by atoms with van der Waals surface area (Å²) >= 11 is 0. The first kappa shape index (κ1) is 15.1. The first-order chi connectivity index (χ1) is 11.2. The van der Waals surface area contributed by atoms with Crippen molar-refractivity contribution in [2.45, 2.75) is 119 Å². The van der Waals surface area contributed by atoms with Gasteiger partial charge in [-0.3, -0.25) is 0 Å². The quantitative estimate of drug-likeness (QED) is 0.776. The van der Waals surface area contributed by atoms with Crippen molar-refractivity contribution in [3.8, 4) is 0 Å². The van der Waals surface area contributed by atoms with E-state index in [1.165, 1.54) is 32.1 Å². The van der Waals surface area contributed by atoms with Crippen LogP contribution < -0.4 is 0 Å². The van der Waals surface area contributed by atoms with E-state index >= 15 is 0 Å². The van der Waals surface area contributed by atoms with Gasteiger partial charge in [-0.25, -0.2) is 0 Å². The van der Waals surface area contributed by atoms with Crippen LogP contribution in [0.25, 0.3) is 0 Å². The summed E-state index contributed by atoms with van der Waals surface area (Å²) in [4.78, 5) is 0. The van der Waals surface area contributed by atoms with Gasteiger partial charge in [0.1, 0.15) is 6.10 Å². The highest BCUT2D eigenvalue weighted by Crippen LogP contribution is 2.55. The van der Waals surface area contributed by atoms with Gasteiger partial charge in [-0.05, 0) is 32.1 Å². The van der Waals surface area contributed by atoms with Gasteiger partial charge in [-0.15, -0.1) is 0 Å². The van der Waals surface area contributed by atoms with E-state index in [4.69, 9.17) is 18.9 Å². The molecule has 0 amide bonds. The molecule has 3 aliphatic heterocycles. The minimum Gasteiger partial charge on any atom is -0.369 e. The van der Waals surface area contributed by atoms with Gasteiger partial charge in [0, 0.05) is 25.7 Å². The van der Waals surface area contributed by atoms with E-state index in [1.807, 2.05) is 0 Å². The van der Waals surface area contributed by atoms with Gasteiger partial charge in [-0.1, -0.05) is 19.8 Å². The average molecular weight is 322 g/mol. The monoisotopic (exact) mass is 322 g/mol. The average Bonchev–Trinajstić information content (AvgIpc) is 3.04. The van der Waals surface area contributed by atoms with E-state index in [2.05, 4.69) is 6.92 Å². The fourth-order valence-corrected chi connectivity index (χ4v) is 5.85. The van der Waals surface area contributed by atoms with Gasteiger partial charge in [0.2, 0.25) is 0 Å². The molecule has 5 aliphatic rings. The fraction of sp³-hybridized carbons (Fsp3) is 1.00. The predicted octanol–water partition coefficient (Wildman–Crippen LogP) is 3.71. The van der Waals surface area contributed by atoms with Crippen LogP contribution >= 0.6 is 0 Å². The summed E-state index contributed by atoms with van der Waals surface area (Å²) in [5.41, 5.74) is -0.0898. The Morgan fingerprint density at radius 1 is 0.913 bits per heavy atom. The number of hydrogen-bond donors (Lipinski definition) is 0. The smallest absolute Gasteiger partial charge is 0.169 e. The van der Waals surface area contributed by atoms with Crippen molar-refractivity contribution in [2.24, 2.45) is 0 Å². The highest BCUT2D eigenvalue weighted by atomic mass is 16.8. The van der Waals surface area contributed by atoms with Gasteiger partial charge in [0.05, 0.1) is 30.0 Å². The molecule has 23 heavy (non-hydrogen) atoms. The fourth-order valence-electron chi connectivity index (χ4n) is 5.85. The van der Waals surface area contributed by atoms with Crippen molar-refractivity contribution < 1.29 is 18.9 Å². The first-order valence-corrected chi connectivity index (χ1v) is 9.91. The second kappa shape index (κ2) is 5.42. The van der Waals surface area contributed by atoms with E-state index in [-0.39, 0.29) is 35.8 Å². The molecule has 130 valence electrons. The van der Waals surface area contributed by atoms with Crippen LogP contribution in [0.3, 0.4) is 0 Å². The molecule has 0 aromatic rings. The molecule has 2 spiro atoms. The normalized spacial score (nSPS) is 50.7. The second-order valence-electron chi connectivity index (χ2n) is 8.45. The minimum atomic E-state index is -0.301. The molecular weight excluding hydrogens is 292 g/mol. The van der Waals surface area contributed by atoms with Gasteiger partial charge < -0.3 is 18.9 Å². The Balaban J connectivity index is 1.36. The maximum absolute atomic E-state index is 6.63. The third-order valence-corrected chi connectivity index (χ3v) is 6.85. The first-order valence-electron chi connectivity index (χ1n) is 9.91. The lowest BCUT2D eigenvalue weighted by Gasteiger charge is -2.44. The SMILES string of the molecule is CCCC1CC[C@@H]2O[C@@H]3C[C@]2(C[C@H]2OC4(CCCCC4)OC32)O1. The summed E-state index contributed by atoms with van der Waals surface area (Å²) in [6.45, 7) is 2.25. The molecule has 0 radical (unpaired) electrons. The van der Waals surface area contributed by atoms with Crippen molar-refractivity contribution in [2.75, 3.05) is 0 Å². The van der Waals surface area contributed by atoms with Crippen molar-refractivity contribution in [3.05, 3.63) is 0 Å².